The summed E-state index contributed by atoms with van der Waals surface area (Å²) in [6.45, 7) is 6.05. The summed E-state index contributed by atoms with van der Waals surface area (Å²) in [4.78, 5) is 0. The largest absolute Gasteiger partial charge is 0.488 e. The summed E-state index contributed by atoms with van der Waals surface area (Å²) in [5.41, 5.74) is 0.931. The van der Waals surface area contributed by atoms with Gasteiger partial charge in [-0.1, -0.05) is 19.4 Å². The monoisotopic (exact) mass is 239 g/mol. The zero-order chi connectivity index (χ0) is 12.8. The Labute approximate surface area is 103 Å². The first-order valence-electron chi connectivity index (χ1n) is 6.21. The van der Waals surface area contributed by atoms with Crippen molar-refractivity contribution >= 4 is 0 Å². The number of rotatable bonds is 6. The highest BCUT2D eigenvalue weighted by atomic mass is 19.1. The van der Waals surface area contributed by atoms with Gasteiger partial charge in [0, 0.05) is 6.04 Å². The summed E-state index contributed by atoms with van der Waals surface area (Å²) in [7, 11) is 1.86. The van der Waals surface area contributed by atoms with Gasteiger partial charge in [-0.15, -0.1) is 0 Å². The molecular formula is C14H22FNO. The Hall–Kier alpha value is -1.09. The molecule has 0 aromatic heterocycles. The minimum atomic E-state index is -0.285. The van der Waals surface area contributed by atoms with Crippen LogP contribution in [0.3, 0.4) is 0 Å². The lowest BCUT2D eigenvalue weighted by molar-refractivity contribution is 0.200. The Morgan fingerprint density at radius 2 is 2.06 bits per heavy atom. The van der Waals surface area contributed by atoms with Gasteiger partial charge in [-0.25, -0.2) is 4.39 Å². The van der Waals surface area contributed by atoms with Crippen LogP contribution in [0.1, 0.15) is 45.2 Å². The number of halogens is 1. The van der Waals surface area contributed by atoms with E-state index in [1.807, 2.05) is 27.0 Å². The van der Waals surface area contributed by atoms with Crippen LogP contribution in [0.5, 0.6) is 5.75 Å². The van der Waals surface area contributed by atoms with Crippen LogP contribution in [0.4, 0.5) is 4.39 Å². The molecule has 2 nitrogen and oxygen atoms in total. The fraction of sp³-hybridized carbons (Fsp3) is 0.571. The maximum Gasteiger partial charge on any atom is 0.165 e. The third-order valence-electron chi connectivity index (χ3n) is 2.91. The Kier molecular flexibility index (Phi) is 5.42. The van der Waals surface area contributed by atoms with Gasteiger partial charge in [-0.2, -0.15) is 0 Å². The second-order valence-corrected chi connectivity index (χ2v) is 4.42. The van der Waals surface area contributed by atoms with Crippen molar-refractivity contribution in [1.82, 2.24) is 5.32 Å². The van der Waals surface area contributed by atoms with Crippen molar-refractivity contribution in [3.63, 3.8) is 0 Å². The molecule has 0 saturated carbocycles. The molecule has 1 aromatic carbocycles. The van der Waals surface area contributed by atoms with Crippen molar-refractivity contribution in [2.24, 2.45) is 0 Å². The number of hydrogen-bond donors (Lipinski definition) is 1. The fourth-order valence-corrected chi connectivity index (χ4v) is 1.73. The zero-order valence-corrected chi connectivity index (χ0v) is 11.1. The van der Waals surface area contributed by atoms with Gasteiger partial charge < -0.3 is 10.1 Å². The molecule has 0 bridgehead atoms. The molecule has 1 rings (SSSR count). The molecule has 1 aromatic rings. The summed E-state index contributed by atoms with van der Waals surface area (Å²) in [5, 5.41) is 3.08. The van der Waals surface area contributed by atoms with Crippen molar-refractivity contribution in [2.75, 3.05) is 7.05 Å². The molecule has 0 aliphatic heterocycles. The summed E-state index contributed by atoms with van der Waals surface area (Å²) < 4.78 is 19.4. The average Bonchev–Trinajstić information content (AvgIpc) is 2.31. The number of benzene rings is 1. The lowest BCUT2D eigenvalue weighted by Crippen LogP contribution is -2.14. The third kappa shape index (κ3) is 4.00. The molecule has 0 saturated heterocycles. The quantitative estimate of drug-likeness (QED) is 0.817. The molecule has 2 atom stereocenters. The molecule has 0 spiro atoms. The molecule has 0 heterocycles. The lowest BCUT2D eigenvalue weighted by atomic mass is 10.1. The van der Waals surface area contributed by atoms with Gasteiger partial charge in [-0.3, -0.25) is 0 Å². The average molecular weight is 239 g/mol. The van der Waals surface area contributed by atoms with Crippen LogP contribution in [0.15, 0.2) is 18.2 Å². The van der Waals surface area contributed by atoms with Crippen molar-refractivity contribution in [1.29, 1.82) is 0 Å². The Bertz CT molecular complexity index is 354. The van der Waals surface area contributed by atoms with Crippen LogP contribution in [0, 0.1) is 5.82 Å². The van der Waals surface area contributed by atoms with E-state index in [2.05, 4.69) is 12.2 Å². The molecule has 17 heavy (non-hydrogen) atoms. The van der Waals surface area contributed by atoms with Gasteiger partial charge in [0.1, 0.15) is 0 Å². The molecule has 0 radical (unpaired) electrons. The van der Waals surface area contributed by atoms with E-state index in [4.69, 9.17) is 4.74 Å². The van der Waals surface area contributed by atoms with Crippen molar-refractivity contribution < 1.29 is 9.13 Å². The van der Waals surface area contributed by atoms with Crippen LogP contribution in [0.25, 0.3) is 0 Å². The smallest absolute Gasteiger partial charge is 0.165 e. The van der Waals surface area contributed by atoms with Gasteiger partial charge in [0.05, 0.1) is 6.10 Å². The van der Waals surface area contributed by atoms with E-state index in [0.29, 0.717) is 5.75 Å². The maximum absolute atomic E-state index is 13.8. The predicted octanol–water partition coefficient (Wildman–Crippen LogP) is 3.67. The molecular weight excluding hydrogens is 217 g/mol. The molecule has 0 aliphatic rings. The highest BCUT2D eigenvalue weighted by molar-refractivity contribution is 5.31. The van der Waals surface area contributed by atoms with E-state index < -0.39 is 0 Å². The van der Waals surface area contributed by atoms with Gasteiger partial charge in [0.2, 0.25) is 0 Å². The van der Waals surface area contributed by atoms with E-state index in [0.717, 1.165) is 18.4 Å². The highest BCUT2D eigenvalue weighted by Crippen LogP contribution is 2.23. The minimum absolute atomic E-state index is 0.0575. The summed E-state index contributed by atoms with van der Waals surface area (Å²) in [5.74, 6) is 0.0607. The molecule has 3 heteroatoms. The number of nitrogens with one attached hydrogen (secondary N) is 1. The number of ether oxygens (including phenoxy) is 1. The van der Waals surface area contributed by atoms with Crippen molar-refractivity contribution in [3.05, 3.63) is 29.6 Å². The first-order chi connectivity index (χ1) is 8.08. The Morgan fingerprint density at radius 1 is 1.35 bits per heavy atom. The topological polar surface area (TPSA) is 21.3 Å². The summed E-state index contributed by atoms with van der Waals surface area (Å²) in [6, 6.07) is 5.30. The van der Waals surface area contributed by atoms with Gasteiger partial charge in [0.15, 0.2) is 11.6 Å². The first kappa shape index (κ1) is 14.0. The maximum atomic E-state index is 13.8. The Morgan fingerprint density at radius 3 is 2.59 bits per heavy atom. The lowest BCUT2D eigenvalue weighted by Gasteiger charge is -2.16. The Balaban J connectivity index is 2.76. The first-order valence-corrected chi connectivity index (χ1v) is 6.21. The SMILES string of the molecule is CCCC(C)Oc1ccc(C(C)NC)cc1F. The predicted molar refractivity (Wildman–Crippen MR) is 68.9 cm³/mol. The number of hydrogen-bond acceptors (Lipinski definition) is 2. The van der Waals surface area contributed by atoms with Gasteiger partial charge in [-0.05, 0) is 45.0 Å². The standard InChI is InChI=1S/C14H22FNO/c1-5-6-10(2)17-14-8-7-12(9-13(14)15)11(3)16-4/h7-11,16H,5-6H2,1-4H3. The van der Waals surface area contributed by atoms with E-state index in [1.165, 1.54) is 6.07 Å². The van der Waals surface area contributed by atoms with E-state index >= 15 is 0 Å². The molecule has 1 N–H and O–H groups in total. The van der Waals surface area contributed by atoms with Crippen molar-refractivity contribution in [2.45, 2.75) is 45.8 Å². The molecule has 96 valence electrons. The molecule has 0 aliphatic carbocycles. The van der Waals surface area contributed by atoms with Crippen LogP contribution in [-0.4, -0.2) is 13.2 Å². The van der Waals surface area contributed by atoms with Crippen LogP contribution in [0.2, 0.25) is 0 Å². The second kappa shape index (κ2) is 6.60. The fourth-order valence-electron chi connectivity index (χ4n) is 1.73. The summed E-state index contributed by atoms with van der Waals surface area (Å²) in [6.07, 6.45) is 2.04. The molecule has 0 amide bonds. The van der Waals surface area contributed by atoms with Crippen LogP contribution < -0.4 is 10.1 Å². The highest BCUT2D eigenvalue weighted by Gasteiger charge is 2.10. The second-order valence-electron chi connectivity index (χ2n) is 4.42. The zero-order valence-electron chi connectivity index (χ0n) is 11.1. The minimum Gasteiger partial charge on any atom is -0.488 e. The molecule has 0 fully saturated rings. The summed E-state index contributed by atoms with van der Waals surface area (Å²) >= 11 is 0. The van der Waals surface area contributed by atoms with E-state index in [-0.39, 0.29) is 18.0 Å². The van der Waals surface area contributed by atoms with Crippen LogP contribution >= 0.6 is 0 Å². The normalized spacial score (nSPS) is 14.4. The van der Waals surface area contributed by atoms with Gasteiger partial charge in [0.25, 0.3) is 0 Å². The van der Waals surface area contributed by atoms with E-state index in [1.54, 1.807) is 6.07 Å². The van der Waals surface area contributed by atoms with Crippen molar-refractivity contribution in [3.8, 4) is 5.75 Å². The van der Waals surface area contributed by atoms with Crippen LogP contribution in [-0.2, 0) is 0 Å². The van der Waals surface area contributed by atoms with E-state index in [9.17, 15) is 4.39 Å². The molecule has 2 unspecified atom stereocenters. The third-order valence-corrected chi connectivity index (χ3v) is 2.91. The van der Waals surface area contributed by atoms with Gasteiger partial charge >= 0.3 is 0 Å².